The number of aromatic nitrogens is 2. The first-order valence-corrected chi connectivity index (χ1v) is 15.3. The Morgan fingerprint density at radius 2 is 1.22 bits per heavy atom. The zero-order valence-electron chi connectivity index (χ0n) is 26.6. The van der Waals surface area contributed by atoms with E-state index in [-0.39, 0.29) is 42.6 Å². The number of nitrogens with one attached hydrogen (secondary N) is 1. The molecule has 6 rings (SSSR count). The van der Waals surface area contributed by atoms with Crippen LogP contribution >= 0.6 is 0 Å². The molecule has 264 valence electrons. The van der Waals surface area contributed by atoms with Crippen molar-refractivity contribution in [1.82, 2.24) is 15.3 Å². The summed E-state index contributed by atoms with van der Waals surface area (Å²) in [5, 5.41) is 3.13. The van der Waals surface area contributed by atoms with Crippen LogP contribution in [-0.2, 0) is 17.1 Å². The van der Waals surface area contributed by atoms with Crippen molar-refractivity contribution in [3.05, 3.63) is 72.1 Å². The Hall–Kier alpha value is -4.47. The van der Waals surface area contributed by atoms with E-state index >= 15 is 0 Å². The lowest BCUT2D eigenvalue weighted by Crippen LogP contribution is -2.44. The van der Waals surface area contributed by atoms with Gasteiger partial charge in [0, 0.05) is 47.6 Å². The number of nitrogens with two attached hydrogens (primary N) is 1. The van der Waals surface area contributed by atoms with Gasteiger partial charge in [-0.25, -0.2) is 13.6 Å². The second-order valence-corrected chi connectivity index (χ2v) is 12.8. The van der Waals surface area contributed by atoms with Crippen LogP contribution in [0.1, 0.15) is 31.9 Å². The quantitative estimate of drug-likeness (QED) is 0.222. The molecular weight excluding hydrogens is 664 g/mol. The van der Waals surface area contributed by atoms with Gasteiger partial charge in [-0.15, -0.1) is 0 Å². The van der Waals surface area contributed by atoms with Crippen molar-refractivity contribution in [3.63, 3.8) is 0 Å². The zero-order valence-corrected chi connectivity index (χ0v) is 26.6. The van der Waals surface area contributed by atoms with Gasteiger partial charge in [-0.2, -0.15) is 26.3 Å². The monoisotopic (exact) mass is 698 g/mol. The van der Waals surface area contributed by atoms with Crippen LogP contribution in [0, 0.1) is 0 Å². The lowest BCUT2D eigenvalue weighted by molar-refractivity contribution is -0.137. The minimum Gasteiger partial charge on any atom is -0.444 e. The second-order valence-electron chi connectivity index (χ2n) is 12.8. The zero-order chi connectivity index (χ0) is 35.9. The minimum absolute atomic E-state index is 0.0597. The Morgan fingerprint density at radius 1 is 0.755 bits per heavy atom. The first-order chi connectivity index (χ1) is 22.8. The van der Waals surface area contributed by atoms with Gasteiger partial charge in [-0.1, -0.05) is 0 Å². The van der Waals surface area contributed by atoms with Crippen molar-refractivity contribution < 1.29 is 44.7 Å². The molecule has 2 unspecified atom stereocenters. The summed E-state index contributed by atoms with van der Waals surface area (Å²) in [7, 11) is 0. The molecule has 0 bridgehead atoms. The topological polar surface area (TPSA) is 96.6 Å². The maximum absolute atomic E-state index is 14.5. The van der Waals surface area contributed by atoms with Crippen molar-refractivity contribution in [2.45, 2.75) is 63.2 Å². The summed E-state index contributed by atoms with van der Waals surface area (Å²) in [5.41, 5.74) is 3.94. The normalized spacial score (nSPS) is 21.6. The number of alkyl halides is 8. The number of rotatable bonds is 3. The van der Waals surface area contributed by atoms with E-state index in [0.29, 0.717) is 16.8 Å². The summed E-state index contributed by atoms with van der Waals surface area (Å²) in [4.78, 5) is 22.9. The first kappa shape index (κ1) is 35.8. The van der Waals surface area contributed by atoms with Gasteiger partial charge >= 0.3 is 18.4 Å². The minimum atomic E-state index is -4.54. The highest BCUT2D eigenvalue weighted by Crippen LogP contribution is 2.40. The molecule has 2 aromatic carbocycles. The Kier molecular flexibility index (Phi) is 9.83. The lowest BCUT2D eigenvalue weighted by atomic mass is 10.1. The molecule has 2 saturated heterocycles. The van der Waals surface area contributed by atoms with Crippen molar-refractivity contribution >= 4 is 39.3 Å². The fraction of sp³-hybridized carbons (Fsp3) is 0.424. The molecule has 0 radical (unpaired) electrons. The predicted molar refractivity (Wildman–Crippen MR) is 169 cm³/mol. The summed E-state index contributed by atoms with van der Waals surface area (Å²) in [5.74, 6) is 0. The highest BCUT2D eigenvalue weighted by Gasteiger charge is 2.39. The van der Waals surface area contributed by atoms with Crippen LogP contribution in [-0.4, -0.2) is 72.3 Å². The number of hydrogen-bond acceptors (Lipinski definition) is 7. The number of alkyl carbamates (subject to hydrolysis) is 1. The fourth-order valence-corrected chi connectivity index (χ4v) is 5.87. The Balaban J connectivity index is 0.000000199. The molecule has 2 aromatic heterocycles. The molecular formula is C33H34F8N6O2. The van der Waals surface area contributed by atoms with Gasteiger partial charge in [0.15, 0.2) is 0 Å². The van der Waals surface area contributed by atoms with E-state index in [9.17, 15) is 39.9 Å². The molecule has 0 saturated carbocycles. The molecule has 2 aliphatic heterocycles. The standard InChI is InChI=1S/C19H21F4N3O2.C14H13F4N3/c1-18(2,3)28-17(27)25-14-10-26(9-13(14)20)15-7-6-12(19(21,22)23)16-11(15)5-4-8-24-16;15-10-6-21(7-11(10)19)12-4-3-9(14(16,17)18)13-8(12)2-1-5-20-13/h4-8,13-14H,9-10H2,1-3H3,(H,25,27);1-5,10-11H,6-7,19H2/t;10-,11+/m.0/s1. The smallest absolute Gasteiger partial charge is 0.418 e. The van der Waals surface area contributed by atoms with Crippen LogP contribution in [0.15, 0.2) is 60.9 Å². The number of fused-ring (bicyclic) bond motifs is 2. The number of carbonyl (C=O) groups excluding carboxylic acids is 1. The Labute approximate surface area is 276 Å². The number of benzene rings is 2. The highest BCUT2D eigenvalue weighted by molar-refractivity contribution is 5.95. The van der Waals surface area contributed by atoms with E-state index in [1.165, 1.54) is 36.7 Å². The molecule has 0 aliphatic carbocycles. The maximum Gasteiger partial charge on any atom is 0.418 e. The summed E-state index contributed by atoms with van der Waals surface area (Å²) >= 11 is 0. The molecule has 16 heteroatoms. The maximum atomic E-state index is 14.5. The number of pyridine rings is 2. The fourth-order valence-electron chi connectivity index (χ4n) is 5.87. The molecule has 3 N–H and O–H groups in total. The summed E-state index contributed by atoms with van der Waals surface area (Å²) in [6.45, 7) is 5.49. The van der Waals surface area contributed by atoms with Crippen LogP contribution in [0.5, 0.6) is 0 Å². The molecule has 1 amide bonds. The molecule has 49 heavy (non-hydrogen) atoms. The summed E-state index contributed by atoms with van der Waals surface area (Å²) in [6.07, 6.45) is -9.72. The molecule has 4 heterocycles. The third-order valence-corrected chi connectivity index (χ3v) is 8.03. The number of anilines is 2. The van der Waals surface area contributed by atoms with Crippen LogP contribution in [0.2, 0.25) is 0 Å². The molecule has 4 atom stereocenters. The molecule has 2 aliphatic rings. The van der Waals surface area contributed by atoms with E-state index < -0.39 is 59.6 Å². The first-order valence-electron chi connectivity index (χ1n) is 15.3. The van der Waals surface area contributed by atoms with Crippen LogP contribution in [0.25, 0.3) is 21.8 Å². The predicted octanol–water partition coefficient (Wildman–Crippen LogP) is 7.04. The Bertz CT molecular complexity index is 1800. The highest BCUT2D eigenvalue weighted by atomic mass is 19.4. The van der Waals surface area contributed by atoms with Crippen molar-refractivity contribution in [2.75, 3.05) is 36.0 Å². The van der Waals surface area contributed by atoms with Crippen molar-refractivity contribution in [3.8, 4) is 0 Å². The SMILES string of the molecule is CC(C)(C)OC(=O)NC1CN(c2ccc(C(F)(F)F)c3ncccc23)CC1F.N[C@@H]1CN(c2ccc(C(F)(F)F)c3ncccc23)C[C@@H]1F. The number of carbonyl (C=O) groups is 1. The summed E-state index contributed by atoms with van der Waals surface area (Å²) in [6, 6.07) is 9.34. The van der Waals surface area contributed by atoms with Crippen LogP contribution < -0.4 is 20.9 Å². The average Bonchev–Trinajstić information content (AvgIpc) is 3.54. The third-order valence-electron chi connectivity index (χ3n) is 8.03. The lowest BCUT2D eigenvalue weighted by Gasteiger charge is -2.23. The average molecular weight is 699 g/mol. The van der Waals surface area contributed by atoms with Gasteiger partial charge in [-0.05, 0) is 69.3 Å². The number of hydrogen-bond donors (Lipinski definition) is 2. The van der Waals surface area contributed by atoms with Gasteiger partial charge in [0.05, 0.1) is 47.3 Å². The third kappa shape index (κ3) is 8.06. The van der Waals surface area contributed by atoms with Crippen molar-refractivity contribution in [2.24, 2.45) is 5.73 Å². The van der Waals surface area contributed by atoms with Gasteiger partial charge < -0.3 is 25.6 Å². The number of halogens is 8. The van der Waals surface area contributed by atoms with E-state index in [1.54, 1.807) is 42.7 Å². The van der Waals surface area contributed by atoms with Crippen molar-refractivity contribution in [1.29, 1.82) is 0 Å². The molecule has 4 aromatic rings. The molecule has 0 spiro atoms. The van der Waals surface area contributed by atoms with E-state index in [0.717, 1.165) is 12.1 Å². The van der Waals surface area contributed by atoms with Gasteiger partial charge in [0.1, 0.15) is 17.9 Å². The van der Waals surface area contributed by atoms with Crippen LogP contribution in [0.4, 0.5) is 51.3 Å². The van der Waals surface area contributed by atoms with E-state index in [4.69, 9.17) is 10.5 Å². The second kappa shape index (κ2) is 13.4. The number of nitrogens with zero attached hydrogens (tertiary/aromatic N) is 4. The molecule has 2 fully saturated rings. The van der Waals surface area contributed by atoms with Crippen LogP contribution in [0.3, 0.4) is 0 Å². The summed E-state index contributed by atoms with van der Waals surface area (Å²) < 4.78 is 112. The number of ether oxygens (including phenoxy) is 1. The van der Waals surface area contributed by atoms with Gasteiger partial charge in [0.2, 0.25) is 0 Å². The Morgan fingerprint density at radius 3 is 1.65 bits per heavy atom. The largest absolute Gasteiger partial charge is 0.444 e. The number of amides is 1. The van der Waals surface area contributed by atoms with Gasteiger partial charge in [0.25, 0.3) is 0 Å². The van der Waals surface area contributed by atoms with E-state index in [1.807, 2.05) is 0 Å². The van der Waals surface area contributed by atoms with Gasteiger partial charge in [-0.3, -0.25) is 9.97 Å². The van der Waals surface area contributed by atoms with E-state index in [2.05, 4.69) is 15.3 Å². The molecule has 8 nitrogen and oxygen atoms in total.